The number of anilines is 1. The number of carbonyl (C=O) groups is 2. The Kier molecular flexibility index (Phi) is 8.15. The molecule has 1 amide bonds. The summed E-state index contributed by atoms with van der Waals surface area (Å²) in [5.41, 5.74) is 3.95. The highest BCUT2D eigenvalue weighted by Crippen LogP contribution is 2.36. The second kappa shape index (κ2) is 11.0. The summed E-state index contributed by atoms with van der Waals surface area (Å²) in [5, 5.41) is 24.8. The number of amides is 1. The van der Waals surface area contributed by atoms with E-state index < -0.39 is 11.9 Å². The third-order valence-corrected chi connectivity index (χ3v) is 5.52. The predicted octanol–water partition coefficient (Wildman–Crippen LogP) is 5.58. The molecule has 0 fully saturated rings. The van der Waals surface area contributed by atoms with E-state index in [2.05, 4.69) is 48.7 Å². The highest BCUT2D eigenvalue weighted by Gasteiger charge is 2.15. The molecule has 178 valence electrons. The summed E-state index contributed by atoms with van der Waals surface area (Å²) >= 11 is 6.32. The fraction of sp³-hybridized carbons (Fsp3) is 0.231. The Bertz CT molecular complexity index is 1170. The number of halogens is 1. The number of rotatable bonds is 8. The molecule has 0 bridgehead atoms. The fourth-order valence-corrected chi connectivity index (χ4v) is 3.67. The van der Waals surface area contributed by atoms with Crippen molar-refractivity contribution < 1.29 is 24.5 Å². The van der Waals surface area contributed by atoms with Gasteiger partial charge in [-0.3, -0.25) is 4.79 Å². The summed E-state index contributed by atoms with van der Waals surface area (Å²) in [7, 11) is 0. The van der Waals surface area contributed by atoms with Gasteiger partial charge >= 0.3 is 11.9 Å². The van der Waals surface area contributed by atoms with E-state index in [0.717, 1.165) is 5.56 Å². The number of benzene rings is 3. The van der Waals surface area contributed by atoms with Crippen molar-refractivity contribution in [1.82, 2.24) is 5.32 Å². The molecule has 0 saturated carbocycles. The van der Waals surface area contributed by atoms with Gasteiger partial charge in [-0.2, -0.15) is 0 Å². The van der Waals surface area contributed by atoms with Crippen LogP contribution in [0.1, 0.15) is 42.0 Å². The molecule has 0 aliphatic rings. The van der Waals surface area contributed by atoms with Gasteiger partial charge in [0.25, 0.3) is 0 Å². The van der Waals surface area contributed by atoms with Crippen LogP contribution in [0.4, 0.5) is 5.69 Å². The number of aryl methyl sites for hydroxylation is 1. The van der Waals surface area contributed by atoms with Crippen molar-refractivity contribution in [1.29, 1.82) is 0 Å². The van der Waals surface area contributed by atoms with Gasteiger partial charge in [-0.15, -0.1) is 0 Å². The highest BCUT2D eigenvalue weighted by molar-refractivity contribution is 6.37. The predicted molar refractivity (Wildman–Crippen MR) is 132 cm³/mol. The van der Waals surface area contributed by atoms with Crippen LogP contribution in [0, 0.1) is 6.92 Å². The molecular formula is C26H27ClN2O5. The van der Waals surface area contributed by atoms with E-state index in [9.17, 15) is 14.7 Å². The lowest BCUT2D eigenvalue weighted by molar-refractivity contribution is -0.147. The van der Waals surface area contributed by atoms with Crippen molar-refractivity contribution >= 4 is 29.2 Å². The average molecular weight is 483 g/mol. The molecule has 0 spiro atoms. The lowest BCUT2D eigenvalue weighted by atomic mass is 10.0. The minimum atomic E-state index is -1.59. The van der Waals surface area contributed by atoms with Gasteiger partial charge < -0.3 is 25.6 Å². The van der Waals surface area contributed by atoms with Crippen molar-refractivity contribution in [3.63, 3.8) is 0 Å². The third-order valence-electron chi connectivity index (χ3n) is 5.24. The number of aliphatic carboxylic acids is 1. The monoisotopic (exact) mass is 482 g/mol. The zero-order chi connectivity index (χ0) is 24.8. The van der Waals surface area contributed by atoms with Gasteiger partial charge in [0.05, 0.1) is 5.02 Å². The molecular weight excluding hydrogens is 456 g/mol. The minimum absolute atomic E-state index is 0.143. The first kappa shape index (κ1) is 25.1. The Hall–Kier alpha value is -3.55. The van der Waals surface area contributed by atoms with Crippen molar-refractivity contribution in [2.75, 3.05) is 5.32 Å². The number of carboxylic acids is 1. The second-order valence-electron chi connectivity index (χ2n) is 8.26. The van der Waals surface area contributed by atoms with Gasteiger partial charge in [0, 0.05) is 24.3 Å². The Morgan fingerprint density at radius 3 is 2.35 bits per heavy atom. The molecule has 0 radical (unpaired) electrons. The molecule has 0 aliphatic carbocycles. The van der Waals surface area contributed by atoms with Crippen molar-refractivity contribution in [3.05, 3.63) is 81.9 Å². The molecule has 34 heavy (non-hydrogen) atoms. The normalized spacial score (nSPS) is 10.9. The van der Waals surface area contributed by atoms with Crippen LogP contribution in [0.2, 0.25) is 5.02 Å². The Morgan fingerprint density at radius 2 is 1.74 bits per heavy atom. The van der Waals surface area contributed by atoms with Gasteiger partial charge in [-0.25, -0.2) is 4.79 Å². The summed E-state index contributed by atoms with van der Waals surface area (Å²) < 4.78 is 5.94. The van der Waals surface area contributed by atoms with Crippen LogP contribution in [0.3, 0.4) is 0 Å². The minimum Gasteiger partial charge on any atom is -0.508 e. The number of hydrogen-bond donors (Lipinski definition) is 4. The molecule has 0 aromatic heterocycles. The first-order chi connectivity index (χ1) is 16.1. The summed E-state index contributed by atoms with van der Waals surface area (Å²) in [5.74, 6) is -1.28. The van der Waals surface area contributed by atoms with Crippen molar-refractivity contribution in [2.45, 2.75) is 39.8 Å². The first-order valence-corrected chi connectivity index (χ1v) is 11.2. The molecule has 0 atom stereocenters. The zero-order valence-corrected chi connectivity index (χ0v) is 19.9. The number of carbonyl (C=O) groups excluding carboxylic acids is 1. The van der Waals surface area contributed by atoms with E-state index in [-0.39, 0.29) is 16.5 Å². The van der Waals surface area contributed by atoms with Gasteiger partial charge in [-0.05, 0) is 59.9 Å². The zero-order valence-electron chi connectivity index (χ0n) is 19.2. The second-order valence-corrected chi connectivity index (χ2v) is 8.66. The first-order valence-electron chi connectivity index (χ1n) is 10.8. The number of nitrogens with one attached hydrogen (secondary N) is 2. The standard InChI is InChI=1S/C26H27ClN2O5/c1-15(2)18-6-4-17(5-7-18)13-28-14-19-11-21(8-9-23(19)30)34-24-16(3)10-20(12-22(24)27)29-25(31)26(32)33/h4-12,15,28,30H,13-14H2,1-3H3,(H,29,31)(H,32,33). The highest BCUT2D eigenvalue weighted by atomic mass is 35.5. The van der Waals surface area contributed by atoms with Crippen LogP contribution in [0.5, 0.6) is 17.2 Å². The lowest BCUT2D eigenvalue weighted by Gasteiger charge is -2.14. The quantitative estimate of drug-likeness (QED) is 0.312. The van der Waals surface area contributed by atoms with Crippen LogP contribution in [-0.2, 0) is 22.7 Å². The number of carboxylic acid groups (broad SMARTS) is 1. The molecule has 3 rings (SSSR count). The SMILES string of the molecule is Cc1cc(NC(=O)C(=O)O)cc(Cl)c1Oc1ccc(O)c(CNCc2ccc(C(C)C)cc2)c1. The molecule has 4 N–H and O–H groups in total. The van der Waals surface area contributed by atoms with E-state index in [1.165, 1.54) is 11.6 Å². The maximum absolute atomic E-state index is 11.4. The maximum Gasteiger partial charge on any atom is 0.394 e. The van der Waals surface area contributed by atoms with Gasteiger partial charge in [0.1, 0.15) is 17.2 Å². The largest absolute Gasteiger partial charge is 0.508 e. The molecule has 0 heterocycles. The van der Waals surface area contributed by atoms with Crippen molar-refractivity contribution in [3.8, 4) is 17.2 Å². The van der Waals surface area contributed by atoms with Crippen LogP contribution >= 0.6 is 11.6 Å². The van der Waals surface area contributed by atoms with E-state index in [1.54, 1.807) is 31.2 Å². The van der Waals surface area contributed by atoms with E-state index in [1.807, 2.05) is 0 Å². The summed E-state index contributed by atoms with van der Waals surface area (Å²) in [4.78, 5) is 22.1. The number of ether oxygens (including phenoxy) is 1. The average Bonchev–Trinajstić information content (AvgIpc) is 2.78. The lowest BCUT2D eigenvalue weighted by Crippen LogP contribution is -2.21. The number of aromatic hydroxyl groups is 1. The summed E-state index contributed by atoms with van der Waals surface area (Å²) in [6, 6.07) is 16.3. The maximum atomic E-state index is 11.4. The van der Waals surface area contributed by atoms with E-state index >= 15 is 0 Å². The smallest absolute Gasteiger partial charge is 0.394 e. The Labute approximate surface area is 203 Å². The van der Waals surface area contributed by atoms with E-state index in [4.69, 9.17) is 21.4 Å². The summed E-state index contributed by atoms with van der Waals surface area (Å²) in [6.45, 7) is 7.13. The molecule has 7 nitrogen and oxygen atoms in total. The van der Waals surface area contributed by atoms with E-state index in [0.29, 0.717) is 41.6 Å². The molecule has 0 unspecified atom stereocenters. The van der Waals surface area contributed by atoms with Crippen molar-refractivity contribution in [2.24, 2.45) is 0 Å². The van der Waals surface area contributed by atoms with Gasteiger partial charge in [0.2, 0.25) is 0 Å². The third kappa shape index (κ3) is 6.50. The number of phenols is 1. The number of hydrogen-bond acceptors (Lipinski definition) is 5. The van der Waals surface area contributed by atoms with Gasteiger partial charge in [0.15, 0.2) is 0 Å². The van der Waals surface area contributed by atoms with Crippen LogP contribution < -0.4 is 15.4 Å². The fourth-order valence-electron chi connectivity index (χ4n) is 3.36. The number of phenolic OH excluding ortho intramolecular Hbond substituents is 1. The Morgan fingerprint density at radius 1 is 1.03 bits per heavy atom. The van der Waals surface area contributed by atoms with Crippen LogP contribution in [0.25, 0.3) is 0 Å². The Balaban J connectivity index is 1.67. The van der Waals surface area contributed by atoms with Gasteiger partial charge in [-0.1, -0.05) is 49.7 Å². The van der Waals surface area contributed by atoms with Crippen LogP contribution in [0.15, 0.2) is 54.6 Å². The topological polar surface area (TPSA) is 108 Å². The molecule has 0 saturated heterocycles. The molecule has 0 aliphatic heterocycles. The molecule has 8 heteroatoms. The summed E-state index contributed by atoms with van der Waals surface area (Å²) in [6.07, 6.45) is 0. The molecule has 3 aromatic carbocycles. The van der Waals surface area contributed by atoms with Crippen LogP contribution in [-0.4, -0.2) is 22.1 Å². The molecule has 3 aromatic rings.